The number of carboxylic acid groups (broad SMARTS) is 1. The summed E-state index contributed by atoms with van der Waals surface area (Å²) < 4.78 is 0. The number of nitrogens with zero attached hydrogens (tertiary/aromatic N) is 3. The van der Waals surface area contributed by atoms with Crippen molar-refractivity contribution in [3.63, 3.8) is 0 Å². The molecule has 9 nitrogen and oxygen atoms in total. The summed E-state index contributed by atoms with van der Waals surface area (Å²) >= 11 is 0. The first-order chi connectivity index (χ1) is 10.9. The molecule has 1 rings (SSSR count). The van der Waals surface area contributed by atoms with Gasteiger partial charge >= 0.3 is 5.97 Å². The van der Waals surface area contributed by atoms with Gasteiger partial charge in [0, 0.05) is 26.7 Å². The largest absolute Gasteiger partial charge is 0.480 e. The van der Waals surface area contributed by atoms with Gasteiger partial charge in [-0.1, -0.05) is 6.92 Å². The SMILES string of the molecule is CC(CN=C(N1CCCCC1)N(C)C(O)O)CC(NO)C(=O)O. The van der Waals surface area contributed by atoms with Crippen molar-refractivity contribution in [1.82, 2.24) is 15.3 Å². The zero-order valence-electron chi connectivity index (χ0n) is 13.7. The second-order valence-electron chi connectivity index (χ2n) is 6.01. The number of aliphatic carboxylic acids is 1. The first-order valence-electron chi connectivity index (χ1n) is 7.87. The number of rotatable bonds is 7. The Kier molecular flexibility index (Phi) is 8.24. The highest BCUT2D eigenvalue weighted by Crippen LogP contribution is 2.13. The van der Waals surface area contributed by atoms with Crippen LogP contribution in [0.2, 0.25) is 0 Å². The number of guanidine groups is 1. The lowest BCUT2D eigenvalue weighted by Crippen LogP contribution is -2.49. The molecule has 0 saturated carbocycles. The van der Waals surface area contributed by atoms with E-state index in [1.807, 2.05) is 11.8 Å². The van der Waals surface area contributed by atoms with E-state index in [0.717, 1.165) is 32.4 Å². The van der Waals surface area contributed by atoms with Crippen LogP contribution in [0.25, 0.3) is 0 Å². The number of nitrogens with one attached hydrogen (secondary N) is 1. The average molecular weight is 332 g/mol. The van der Waals surface area contributed by atoms with Gasteiger partial charge in [-0.2, -0.15) is 5.48 Å². The van der Waals surface area contributed by atoms with E-state index in [0.29, 0.717) is 12.5 Å². The van der Waals surface area contributed by atoms with Gasteiger partial charge in [-0.15, -0.1) is 0 Å². The predicted octanol–water partition coefficient (Wildman–Crippen LogP) is -0.513. The lowest BCUT2D eigenvalue weighted by atomic mass is 10.0. The minimum atomic E-state index is -1.64. The zero-order valence-corrected chi connectivity index (χ0v) is 13.7. The predicted molar refractivity (Wildman–Crippen MR) is 83.8 cm³/mol. The highest BCUT2D eigenvalue weighted by molar-refractivity contribution is 5.80. The van der Waals surface area contributed by atoms with Crippen molar-refractivity contribution in [1.29, 1.82) is 0 Å². The topological polar surface area (TPSA) is 129 Å². The van der Waals surface area contributed by atoms with Crippen LogP contribution in [-0.2, 0) is 4.79 Å². The van der Waals surface area contributed by atoms with Crippen LogP contribution in [0.15, 0.2) is 4.99 Å². The Morgan fingerprint density at radius 2 is 1.91 bits per heavy atom. The third-order valence-electron chi connectivity index (χ3n) is 3.94. The van der Waals surface area contributed by atoms with E-state index in [2.05, 4.69) is 4.99 Å². The average Bonchev–Trinajstić information content (AvgIpc) is 2.53. The molecule has 9 heteroatoms. The number of hydrogen-bond acceptors (Lipinski definition) is 6. The van der Waals surface area contributed by atoms with Gasteiger partial charge in [-0.05, 0) is 31.6 Å². The molecule has 1 aliphatic heterocycles. The smallest absolute Gasteiger partial charge is 0.323 e. The van der Waals surface area contributed by atoms with E-state index >= 15 is 0 Å². The summed E-state index contributed by atoms with van der Waals surface area (Å²) in [6, 6.07) is -1.04. The molecule has 0 bridgehead atoms. The normalized spacial score (nSPS) is 18.9. The highest BCUT2D eigenvalue weighted by Gasteiger charge is 2.23. The van der Waals surface area contributed by atoms with Gasteiger partial charge in [0.25, 0.3) is 0 Å². The summed E-state index contributed by atoms with van der Waals surface area (Å²) in [5.74, 6) is -0.724. The third-order valence-corrected chi connectivity index (χ3v) is 3.94. The molecule has 1 heterocycles. The van der Waals surface area contributed by atoms with E-state index < -0.39 is 18.4 Å². The summed E-state index contributed by atoms with van der Waals surface area (Å²) in [5.41, 5.74) is 1.78. The standard InChI is InChI=1S/C14H28N4O5/c1-10(8-11(16-23)12(19)20)9-15-13(17(2)14(21)22)18-6-4-3-5-7-18/h10-11,14,16,21-23H,3-9H2,1-2H3,(H,19,20). The Labute approximate surface area is 136 Å². The number of piperidine rings is 1. The minimum absolute atomic E-state index is 0.0974. The van der Waals surface area contributed by atoms with Crippen molar-refractivity contribution in [3.05, 3.63) is 0 Å². The number of aliphatic hydroxyl groups is 2. The van der Waals surface area contributed by atoms with Gasteiger partial charge in [0.2, 0.25) is 6.41 Å². The molecule has 5 N–H and O–H groups in total. The van der Waals surface area contributed by atoms with Crippen LogP contribution in [0.3, 0.4) is 0 Å². The second-order valence-corrected chi connectivity index (χ2v) is 6.01. The van der Waals surface area contributed by atoms with Crippen LogP contribution in [0.5, 0.6) is 0 Å². The summed E-state index contributed by atoms with van der Waals surface area (Å²) in [5, 5.41) is 36.6. The van der Waals surface area contributed by atoms with Gasteiger partial charge < -0.3 is 25.4 Å². The van der Waals surface area contributed by atoms with Crippen molar-refractivity contribution in [3.8, 4) is 0 Å². The number of hydrogen-bond donors (Lipinski definition) is 5. The Hall–Kier alpha value is -1.42. The van der Waals surface area contributed by atoms with Crippen molar-refractivity contribution in [2.75, 3.05) is 26.7 Å². The number of carbonyl (C=O) groups is 1. The zero-order chi connectivity index (χ0) is 17.4. The van der Waals surface area contributed by atoms with Crippen LogP contribution in [0.4, 0.5) is 0 Å². The fraction of sp³-hybridized carbons (Fsp3) is 0.857. The number of aliphatic imine (C=N–C) groups is 1. The first-order valence-corrected chi connectivity index (χ1v) is 7.87. The molecule has 2 unspecified atom stereocenters. The molecular weight excluding hydrogens is 304 g/mol. The maximum Gasteiger partial charge on any atom is 0.323 e. The summed E-state index contributed by atoms with van der Waals surface area (Å²) in [4.78, 5) is 18.7. The van der Waals surface area contributed by atoms with Crippen molar-refractivity contribution < 1.29 is 25.3 Å². The maximum absolute atomic E-state index is 10.9. The molecule has 23 heavy (non-hydrogen) atoms. The van der Waals surface area contributed by atoms with Gasteiger partial charge in [-0.3, -0.25) is 14.7 Å². The van der Waals surface area contributed by atoms with E-state index in [1.165, 1.54) is 4.90 Å². The van der Waals surface area contributed by atoms with Gasteiger partial charge in [0.15, 0.2) is 5.96 Å². The first kappa shape index (κ1) is 19.6. The lowest BCUT2D eigenvalue weighted by Gasteiger charge is -2.35. The van der Waals surface area contributed by atoms with E-state index in [9.17, 15) is 15.0 Å². The van der Waals surface area contributed by atoms with Crippen LogP contribution < -0.4 is 5.48 Å². The fourth-order valence-electron chi connectivity index (χ4n) is 2.55. The molecule has 1 fully saturated rings. The highest BCUT2D eigenvalue weighted by atomic mass is 16.5. The summed E-state index contributed by atoms with van der Waals surface area (Å²) in [7, 11) is 1.55. The minimum Gasteiger partial charge on any atom is -0.480 e. The van der Waals surface area contributed by atoms with Gasteiger partial charge in [0.05, 0.1) is 0 Å². The molecule has 0 radical (unpaired) electrons. The Morgan fingerprint density at radius 1 is 1.30 bits per heavy atom. The van der Waals surface area contributed by atoms with E-state index in [-0.39, 0.29) is 12.3 Å². The van der Waals surface area contributed by atoms with Crippen molar-refractivity contribution >= 4 is 11.9 Å². The Balaban J connectivity index is 2.72. The van der Waals surface area contributed by atoms with Gasteiger partial charge in [-0.25, -0.2) is 0 Å². The quantitative estimate of drug-likeness (QED) is 0.182. The lowest BCUT2D eigenvalue weighted by molar-refractivity contribution is -0.142. The van der Waals surface area contributed by atoms with Crippen molar-refractivity contribution in [2.45, 2.75) is 45.1 Å². The molecule has 1 aliphatic rings. The Morgan fingerprint density at radius 3 is 2.39 bits per heavy atom. The van der Waals surface area contributed by atoms with Crippen LogP contribution in [0, 0.1) is 5.92 Å². The molecule has 134 valence electrons. The van der Waals surface area contributed by atoms with Crippen LogP contribution in [0.1, 0.15) is 32.6 Å². The van der Waals surface area contributed by atoms with E-state index in [4.69, 9.17) is 10.3 Å². The number of carboxylic acids is 1. The molecule has 0 amide bonds. The van der Waals surface area contributed by atoms with Crippen LogP contribution >= 0.6 is 0 Å². The maximum atomic E-state index is 10.9. The summed E-state index contributed by atoms with van der Waals surface area (Å²) in [6.45, 7) is 3.77. The number of likely N-dealkylation sites (tertiary alicyclic amines) is 1. The van der Waals surface area contributed by atoms with Gasteiger partial charge in [0.1, 0.15) is 6.04 Å². The van der Waals surface area contributed by atoms with Crippen LogP contribution in [-0.4, -0.2) is 81.4 Å². The summed E-state index contributed by atoms with van der Waals surface area (Å²) in [6.07, 6.45) is 1.78. The Bertz CT molecular complexity index is 399. The monoisotopic (exact) mass is 332 g/mol. The molecule has 0 aromatic heterocycles. The van der Waals surface area contributed by atoms with Crippen molar-refractivity contribution in [2.24, 2.45) is 10.9 Å². The van der Waals surface area contributed by atoms with E-state index in [1.54, 1.807) is 12.5 Å². The molecule has 0 aromatic carbocycles. The molecule has 0 aromatic rings. The third kappa shape index (κ3) is 6.30. The fourth-order valence-corrected chi connectivity index (χ4v) is 2.55. The molecule has 0 aliphatic carbocycles. The molecule has 2 atom stereocenters. The number of aliphatic hydroxyl groups excluding tert-OH is 1. The number of hydroxylamine groups is 1. The molecule has 1 saturated heterocycles. The molecular formula is C14H28N4O5. The second kappa shape index (κ2) is 9.66. The molecule has 0 spiro atoms.